The first kappa shape index (κ1) is 9.79. The number of benzene rings is 1. The lowest BCUT2D eigenvalue weighted by molar-refractivity contribution is 0.0702. The molecule has 0 amide bonds. The van der Waals surface area contributed by atoms with Crippen molar-refractivity contribution < 1.29 is 14.3 Å². The molecule has 15 heavy (non-hydrogen) atoms. The van der Waals surface area contributed by atoms with Crippen molar-refractivity contribution in [1.29, 1.82) is 0 Å². The molecule has 0 unspecified atom stereocenters. The maximum Gasteiger partial charge on any atom is 0.347 e. The van der Waals surface area contributed by atoms with Crippen molar-refractivity contribution in [1.82, 2.24) is 4.37 Å². The van der Waals surface area contributed by atoms with E-state index in [2.05, 4.69) is 4.37 Å². The number of rotatable bonds is 2. The van der Waals surface area contributed by atoms with Crippen LogP contribution in [0.25, 0.3) is 11.3 Å². The van der Waals surface area contributed by atoms with Crippen molar-refractivity contribution in [2.24, 2.45) is 0 Å². The Bertz CT molecular complexity index is 510. The van der Waals surface area contributed by atoms with E-state index in [4.69, 9.17) is 5.11 Å². The Balaban J connectivity index is 2.41. The van der Waals surface area contributed by atoms with Crippen LogP contribution in [-0.2, 0) is 0 Å². The zero-order valence-corrected chi connectivity index (χ0v) is 8.29. The van der Waals surface area contributed by atoms with Gasteiger partial charge >= 0.3 is 5.97 Å². The lowest BCUT2D eigenvalue weighted by Gasteiger charge is -1.94. The van der Waals surface area contributed by atoms with Crippen LogP contribution in [0.4, 0.5) is 4.39 Å². The minimum absolute atomic E-state index is 0.147. The first-order valence-electron chi connectivity index (χ1n) is 4.13. The number of carbonyl (C=O) groups is 1. The topological polar surface area (TPSA) is 50.2 Å². The van der Waals surface area contributed by atoms with Crippen molar-refractivity contribution >= 4 is 17.5 Å². The Morgan fingerprint density at radius 2 is 2.20 bits per heavy atom. The monoisotopic (exact) mass is 223 g/mol. The van der Waals surface area contributed by atoms with Crippen LogP contribution in [-0.4, -0.2) is 15.4 Å². The maximum atomic E-state index is 12.9. The van der Waals surface area contributed by atoms with Crippen molar-refractivity contribution in [2.45, 2.75) is 0 Å². The summed E-state index contributed by atoms with van der Waals surface area (Å²) in [5.74, 6) is -1.38. The molecule has 0 aliphatic heterocycles. The molecule has 2 aromatic rings. The van der Waals surface area contributed by atoms with Gasteiger partial charge in [0.2, 0.25) is 0 Å². The standard InChI is InChI=1S/C10H6FNO2S/c11-7-3-1-2-6(4-7)8-5-9(10(13)14)15-12-8/h1-5H,(H,13,14). The summed E-state index contributed by atoms with van der Waals surface area (Å²) >= 11 is 0.886. The molecule has 0 atom stereocenters. The van der Waals surface area contributed by atoms with Gasteiger partial charge in [-0.15, -0.1) is 0 Å². The molecule has 0 radical (unpaired) electrons. The van der Waals surface area contributed by atoms with Crippen LogP contribution in [0.1, 0.15) is 9.67 Å². The van der Waals surface area contributed by atoms with Gasteiger partial charge in [-0.3, -0.25) is 0 Å². The van der Waals surface area contributed by atoms with Crippen molar-refractivity contribution in [3.63, 3.8) is 0 Å². The molecule has 1 aromatic carbocycles. The Morgan fingerprint density at radius 3 is 2.80 bits per heavy atom. The van der Waals surface area contributed by atoms with E-state index in [0.29, 0.717) is 11.3 Å². The van der Waals surface area contributed by atoms with Crippen LogP contribution in [0.5, 0.6) is 0 Å². The summed E-state index contributed by atoms with van der Waals surface area (Å²) in [6, 6.07) is 7.32. The second kappa shape index (κ2) is 3.78. The predicted octanol–water partition coefficient (Wildman–Crippen LogP) is 2.65. The summed E-state index contributed by atoms with van der Waals surface area (Å²) < 4.78 is 16.8. The van der Waals surface area contributed by atoms with Crippen LogP contribution < -0.4 is 0 Å². The fraction of sp³-hybridized carbons (Fsp3) is 0. The van der Waals surface area contributed by atoms with Crippen LogP contribution in [0.2, 0.25) is 0 Å². The normalized spacial score (nSPS) is 10.2. The highest BCUT2D eigenvalue weighted by atomic mass is 32.1. The van der Waals surface area contributed by atoms with E-state index in [1.807, 2.05) is 0 Å². The van der Waals surface area contributed by atoms with Gasteiger partial charge in [0.15, 0.2) is 0 Å². The maximum absolute atomic E-state index is 12.9. The molecular formula is C10H6FNO2S. The molecular weight excluding hydrogens is 217 g/mol. The number of aromatic carboxylic acids is 1. The van der Waals surface area contributed by atoms with Gasteiger partial charge < -0.3 is 5.11 Å². The molecule has 3 nitrogen and oxygen atoms in total. The molecule has 0 aliphatic carbocycles. The number of nitrogens with zero attached hydrogens (tertiary/aromatic N) is 1. The molecule has 5 heteroatoms. The summed E-state index contributed by atoms with van der Waals surface area (Å²) in [5, 5.41) is 8.70. The molecule has 0 saturated heterocycles. The van der Waals surface area contributed by atoms with Crippen LogP contribution >= 0.6 is 11.5 Å². The molecule has 0 fully saturated rings. The van der Waals surface area contributed by atoms with E-state index in [0.717, 1.165) is 11.5 Å². The third-order valence-corrected chi connectivity index (χ3v) is 2.62. The largest absolute Gasteiger partial charge is 0.477 e. The van der Waals surface area contributed by atoms with Gasteiger partial charge in [-0.2, -0.15) is 4.37 Å². The summed E-state index contributed by atoms with van der Waals surface area (Å²) in [5.41, 5.74) is 1.07. The number of hydrogen-bond donors (Lipinski definition) is 1. The highest BCUT2D eigenvalue weighted by Crippen LogP contribution is 2.22. The van der Waals surface area contributed by atoms with Gasteiger partial charge in [-0.25, -0.2) is 9.18 Å². The molecule has 1 N–H and O–H groups in total. The average molecular weight is 223 g/mol. The Hall–Kier alpha value is -1.75. The first-order valence-corrected chi connectivity index (χ1v) is 4.90. The first-order chi connectivity index (χ1) is 7.16. The molecule has 0 bridgehead atoms. The summed E-state index contributed by atoms with van der Waals surface area (Å²) in [6.07, 6.45) is 0. The zero-order chi connectivity index (χ0) is 10.8. The lowest BCUT2D eigenvalue weighted by Crippen LogP contribution is -1.89. The van der Waals surface area contributed by atoms with E-state index < -0.39 is 5.97 Å². The van der Waals surface area contributed by atoms with Crippen molar-refractivity contribution in [2.75, 3.05) is 0 Å². The van der Waals surface area contributed by atoms with Gasteiger partial charge in [0.1, 0.15) is 10.7 Å². The van der Waals surface area contributed by atoms with E-state index in [1.54, 1.807) is 12.1 Å². The van der Waals surface area contributed by atoms with Crippen LogP contribution in [0, 0.1) is 5.82 Å². The van der Waals surface area contributed by atoms with Crippen molar-refractivity contribution in [3.8, 4) is 11.3 Å². The Morgan fingerprint density at radius 1 is 1.40 bits per heavy atom. The second-order valence-corrected chi connectivity index (χ2v) is 3.70. The number of halogens is 1. The number of hydrogen-bond acceptors (Lipinski definition) is 3. The quantitative estimate of drug-likeness (QED) is 0.851. The van der Waals surface area contributed by atoms with Gasteiger partial charge in [-0.05, 0) is 29.7 Å². The van der Waals surface area contributed by atoms with Crippen molar-refractivity contribution in [3.05, 3.63) is 41.0 Å². The molecule has 0 aliphatic rings. The summed E-state index contributed by atoms with van der Waals surface area (Å²) in [4.78, 5) is 10.8. The van der Waals surface area contributed by atoms with E-state index in [1.165, 1.54) is 18.2 Å². The fourth-order valence-electron chi connectivity index (χ4n) is 1.16. The summed E-state index contributed by atoms with van der Waals surface area (Å²) in [7, 11) is 0. The van der Waals surface area contributed by atoms with Gasteiger partial charge in [-0.1, -0.05) is 12.1 Å². The Labute approximate surface area is 89.0 Å². The van der Waals surface area contributed by atoms with Crippen LogP contribution in [0.15, 0.2) is 30.3 Å². The van der Waals surface area contributed by atoms with E-state index in [-0.39, 0.29) is 10.7 Å². The summed E-state index contributed by atoms with van der Waals surface area (Å²) in [6.45, 7) is 0. The predicted molar refractivity (Wildman–Crippen MR) is 54.5 cm³/mol. The van der Waals surface area contributed by atoms with Crippen LogP contribution in [0.3, 0.4) is 0 Å². The molecule has 0 saturated carbocycles. The molecule has 1 heterocycles. The Kier molecular flexibility index (Phi) is 2.47. The highest BCUT2D eigenvalue weighted by Gasteiger charge is 2.09. The lowest BCUT2D eigenvalue weighted by atomic mass is 10.1. The average Bonchev–Trinajstić information content (AvgIpc) is 2.66. The van der Waals surface area contributed by atoms with Gasteiger partial charge in [0, 0.05) is 5.56 Å². The molecule has 1 aromatic heterocycles. The minimum atomic E-state index is -1.02. The van der Waals surface area contributed by atoms with E-state index >= 15 is 0 Å². The third kappa shape index (κ3) is 2.02. The van der Waals surface area contributed by atoms with Gasteiger partial charge in [0.05, 0.1) is 5.69 Å². The minimum Gasteiger partial charge on any atom is -0.477 e. The number of carboxylic acid groups (broad SMARTS) is 1. The molecule has 0 spiro atoms. The molecule has 76 valence electrons. The SMILES string of the molecule is O=C(O)c1cc(-c2cccc(F)c2)ns1. The van der Waals surface area contributed by atoms with E-state index in [9.17, 15) is 9.18 Å². The van der Waals surface area contributed by atoms with Gasteiger partial charge in [0.25, 0.3) is 0 Å². The highest BCUT2D eigenvalue weighted by molar-refractivity contribution is 7.08. The smallest absolute Gasteiger partial charge is 0.347 e. The number of aromatic nitrogens is 1. The number of carboxylic acids is 1. The molecule has 2 rings (SSSR count). The second-order valence-electron chi connectivity index (χ2n) is 2.89. The zero-order valence-electron chi connectivity index (χ0n) is 7.48. The third-order valence-electron chi connectivity index (χ3n) is 1.84. The fourth-order valence-corrected chi connectivity index (χ4v) is 1.76.